The maximum absolute atomic E-state index is 5.72. The molecule has 0 saturated heterocycles. The average molecular weight is 250 g/mol. The van der Waals surface area contributed by atoms with Crippen LogP contribution in [0, 0.1) is 0 Å². The molecule has 2 unspecified atom stereocenters. The highest BCUT2D eigenvalue weighted by atomic mass is 32.1. The summed E-state index contributed by atoms with van der Waals surface area (Å²) < 4.78 is 5.47. The SMILES string of the molecule is COC1CCCC1Nc1ccccc1C(N)=S. The molecule has 1 fully saturated rings. The molecule has 3 N–H and O–H groups in total. The third kappa shape index (κ3) is 2.76. The minimum atomic E-state index is 0.286. The van der Waals surface area contributed by atoms with Gasteiger partial charge in [-0.3, -0.25) is 0 Å². The molecule has 2 atom stereocenters. The van der Waals surface area contributed by atoms with Gasteiger partial charge in [-0.1, -0.05) is 24.4 Å². The van der Waals surface area contributed by atoms with E-state index in [2.05, 4.69) is 5.32 Å². The van der Waals surface area contributed by atoms with Gasteiger partial charge in [-0.05, 0) is 31.4 Å². The Bertz CT molecular complexity index is 408. The first-order chi connectivity index (χ1) is 8.22. The van der Waals surface area contributed by atoms with Gasteiger partial charge in [-0.25, -0.2) is 0 Å². The molecule has 1 aliphatic carbocycles. The Kier molecular flexibility index (Phi) is 3.97. The quantitative estimate of drug-likeness (QED) is 0.805. The van der Waals surface area contributed by atoms with Crippen LogP contribution in [0.4, 0.5) is 5.69 Å². The molecule has 17 heavy (non-hydrogen) atoms. The number of nitrogens with one attached hydrogen (secondary N) is 1. The normalized spacial score (nSPS) is 23.6. The van der Waals surface area contributed by atoms with Gasteiger partial charge in [0.05, 0.1) is 12.1 Å². The summed E-state index contributed by atoms with van der Waals surface area (Å²) >= 11 is 5.05. The van der Waals surface area contributed by atoms with Crippen molar-refractivity contribution in [2.24, 2.45) is 5.73 Å². The van der Waals surface area contributed by atoms with E-state index in [-0.39, 0.29) is 6.10 Å². The molecular formula is C13H18N2OS. The number of nitrogens with two attached hydrogens (primary N) is 1. The lowest BCUT2D eigenvalue weighted by Gasteiger charge is -2.22. The van der Waals surface area contributed by atoms with Crippen LogP contribution in [0.2, 0.25) is 0 Å². The van der Waals surface area contributed by atoms with Gasteiger partial charge in [-0.2, -0.15) is 0 Å². The molecule has 2 rings (SSSR count). The highest BCUT2D eigenvalue weighted by molar-refractivity contribution is 7.80. The Labute approximate surface area is 107 Å². The zero-order valence-electron chi connectivity index (χ0n) is 9.98. The first-order valence-corrected chi connectivity index (χ1v) is 6.31. The van der Waals surface area contributed by atoms with Gasteiger partial charge in [-0.15, -0.1) is 0 Å². The van der Waals surface area contributed by atoms with Crippen molar-refractivity contribution in [2.45, 2.75) is 31.4 Å². The maximum atomic E-state index is 5.72. The number of benzene rings is 1. The predicted octanol–water partition coefficient (Wildman–Crippen LogP) is 2.30. The highest BCUT2D eigenvalue weighted by Gasteiger charge is 2.27. The van der Waals surface area contributed by atoms with Crippen LogP contribution in [-0.2, 0) is 4.74 Å². The maximum Gasteiger partial charge on any atom is 0.106 e. The second-order valence-electron chi connectivity index (χ2n) is 4.37. The van der Waals surface area contributed by atoms with E-state index in [0.717, 1.165) is 24.1 Å². The van der Waals surface area contributed by atoms with Crippen molar-refractivity contribution in [3.05, 3.63) is 29.8 Å². The molecule has 3 nitrogen and oxygen atoms in total. The van der Waals surface area contributed by atoms with Crippen LogP contribution in [0.5, 0.6) is 0 Å². The second-order valence-corrected chi connectivity index (χ2v) is 4.81. The zero-order valence-corrected chi connectivity index (χ0v) is 10.8. The molecule has 1 aromatic rings. The Balaban J connectivity index is 2.15. The van der Waals surface area contributed by atoms with Crippen LogP contribution < -0.4 is 11.1 Å². The van der Waals surface area contributed by atoms with E-state index < -0.39 is 0 Å². The first-order valence-electron chi connectivity index (χ1n) is 5.90. The predicted molar refractivity (Wildman–Crippen MR) is 74.4 cm³/mol. The molecule has 1 aliphatic rings. The number of anilines is 1. The van der Waals surface area contributed by atoms with Crippen LogP contribution in [0.3, 0.4) is 0 Å². The topological polar surface area (TPSA) is 47.3 Å². The fourth-order valence-corrected chi connectivity index (χ4v) is 2.57. The van der Waals surface area contributed by atoms with Crippen molar-refractivity contribution in [3.63, 3.8) is 0 Å². The summed E-state index contributed by atoms with van der Waals surface area (Å²) in [4.78, 5) is 0.431. The van der Waals surface area contributed by atoms with Crippen molar-refractivity contribution in [1.29, 1.82) is 0 Å². The number of hydrogen-bond acceptors (Lipinski definition) is 3. The van der Waals surface area contributed by atoms with E-state index in [4.69, 9.17) is 22.7 Å². The summed E-state index contributed by atoms with van der Waals surface area (Å²) in [6, 6.07) is 8.25. The fraction of sp³-hybridized carbons (Fsp3) is 0.462. The third-order valence-corrected chi connectivity index (χ3v) is 3.51. The lowest BCUT2D eigenvalue weighted by molar-refractivity contribution is 0.101. The van der Waals surface area contributed by atoms with E-state index in [1.807, 2.05) is 24.3 Å². The highest BCUT2D eigenvalue weighted by Crippen LogP contribution is 2.26. The van der Waals surface area contributed by atoms with E-state index >= 15 is 0 Å². The largest absolute Gasteiger partial charge is 0.389 e. The Morgan fingerprint density at radius 1 is 1.41 bits per heavy atom. The molecule has 0 heterocycles. The zero-order chi connectivity index (χ0) is 12.3. The number of para-hydroxylation sites is 1. The molecule has 0 spiro atoms. The molecular weight excluding hydrogens is 232 g/mol. The molecule has 0 amide bonds. The lowest BCUT2D eigenvalue weighted by atomic mass is 10.1. The molecule has 0 aliphatic heterocycles. The monoisotopic (exact) mass is 250 g/mol. The Hall–Kier alpha value is -1.13. The van der Waals surface area contributed by atoms with Gasteiger partial charge in [0.25, 0.3) is 0 Å². The number of rotatable bonds is 4. The lowest BCUT2D eigenvalue weighted by Crippen LogP contribution is -2.30. The van der Waals surface area contributed by atoms with Crippen molar-refractivity contribution in [2.75, 3.05) is 12.4 Å². The van der Waals surface area contributed by atoms with Crippen molar-refractivity contribution < 1.29 is 4.74 Å². The van der Waals surface area contributed by atoms with E-state index in [1.54, 1.807) is 7.11 Å². The molecule has 0 bridgehead atoms. The number of thiocarbonyl (C=S) groups is 1. The second kappa shape index (κ2) is 5.47. The summed E-state index contributed by atoms with van der Waals surface area (Å²) in [6.45, 7) is 0. The minimum absolute atomic E-state index is 0.286. The van der Waals surface area contributed by atoms with Gasteiger partial charge in [0.15, 0.2) is 0 Å². The Morgan fingerprint density at radius 2 is 2.18 bits per heavy atom. The summed E-state index contributed by atoms with van der Waals surface area (Å²) in [5.41, 5.74) is 7.63. The summed E-state index contributed by atoms with van der Waals surface area (Å²) in [7, 11) is 1.77. The van der Waals surface area contributed by atoms with Crippen molar-refractivity contribution in [3.8, 4) is 0 Å². The van der Waals surface area contributed by atoms with Crippen LogP contribution in [-0.4, -0.2) is 24.2 Å². The van der Waals surface area contributed by atoms with Crippen LogP contribution in [0.25, 0.3) is 0 Å². The van der Waals surface area contributed by atoms with E-state index in [0.29, 0.717) is 11.0 Å². The number of ether oxygens (including phenoxy) is 1. The van der Waals surface area contributed by atoms with Crippen LogP contribution in [0.1, 0.15) is 24.8 Å². The van der Waals surface area contributed by atoms with Gasteiger partial charge in [0, 0.05) is 18.4 Å². The number of hydrogen-bond donors (Lipinski definition) is 2. The summed E-state index contributed by atoms with van der Waals surface area (Å²) in [6.07, 6.45) is 3.73. The van der Waals surface area contributed by atoms with Crippen molar-refractivity contribution in [1.82, 2.24) is 0 Å². The molecule has 92 valence electrons. The van der Waals surface area contributed by atoms with Crippen molar-refractivity contribution >= 4 is 22.9 Å². The minimum Gasteiger partial charge on any atom is -0.389 e. The number of methoxy groups -OCH3 is 1. The summed E-state index contributed by atoms with van der Waals surface area (Å²) in [5.74, 6) is 0. The van der Waals surface area contributed by atoms with Gasteiger partial charge in [0.1, 0.15) is 4.99 Å². The van der Waals surface area contributed by atoms with Gasteiger partial charge < -0.3 is 15.8 Å². The smallest absolute Gasteiger partial charge is 0.106 e. The van der Waals surface area contributed by atoms with E-state index in [1.165, 1.54) is 6.42 Å². The molecule has 0 radical (unpaired) electrons. The average Bonchev–Trinajstić information content (AvgIpc) is 2.77. The fourth-order valence-electron chi connectivity index (χ4n) is 2.40. The van der Waals surface area contributed by atoms with Crippen LogP contribution >= 0.6 is 12.2 Å². The Morgan fingerprint density at radius 3 is 2.88 bits per heavy atom. The molecule has 1 aromatic carbocycles. The van der Waals surface area contributed by atoms with Gasteiger partial charge in [0.2, 0.25) is 0 Å². The third-order valence-electron chi connectivity index (χ3n) is 3.29. The summed E-state index contributed by atoms with van der Waals surface area (Å²) in [5, 5.41) is 3.50. The van der Waals surface area contributed by atoms with Gasteiger partial charge >= 0.3 is 0 Å². The standard InChI is InChI=1S/C13H18N2OS/c1-16-12-8-4-7-11(12)15-10-6-3-2-5-9(10)13(14)17/h2-3,5-6,11-12,15H,4,7-8H2,1H3,(H2,14,17). The van der Waals surface area contributed by atoms with Crippen LogP contribution in [0.15, 0.2) is 24.3 Å². The van der Waals surface area contributed by atoms with E-state index in [9.17, 15) is 0 Å². The molecule has 4 heteroatoms. The molecule has 0 aromatic heterocycles. The first kappa shape index (κ1) is 12.3. The molecule has 1 saturated carbocycles.